The molecule has 58 valence electrons. The Balaban J connectivity index is 2.62. The summed E-state index contributed by atoms with van der Waals surface area (Å²) in [6.07, 6.45) is 2.76. The van der Waals surface area contributed by atoms with Crippen molar-refractivity contribution in [2.75, 3.05) is 0 Å². The molecule has 1 nitrogen and oxygen atoms in total. The van der Waals surface area contributed by atoms with Gasteiger partial charge in [-0.15, -0.1) is 11.6 Å². The minimum atomic E-state index is -0.192. The molecule has 1 saturated carbocycles. The molecule has 10 heavy (non-hydrogen) atoms. The van der Waals surface area contributed by atoms with E-state index in [1.165, 1.54) is 0 Å². The fourth-order valence-electron chi connectivity index (χ4n) is 1.60. The van der Waals surface area contributed by atoms with Crippen LogP contribution in [0.1, 0.15) is 33.1 Å². The highest BCUT2D eigenvalue weighted by Gasteiger charge is 2.49. The van der Waals surface area contributed by atoms with E-state index in [1.807, 2.05) is 0 Å². The van der Waals surface area contributed by atoms with Gasteiger partial charge in [-0.2, -0.15) is 0 Å². The lowest BCUT2D eigenvalue weighted by atomic mass is 9.64. The molecule has 0 bridgehead atoms. The van der Waals surface area contributed by atoms with Gasteiger partial charge in [0.1, 0.15) is 0 Å². The van der Waals surface area contributed by atoms with Crippen molar-refractivity contribution in [1.29, 1.82) is 0 Å². The van der Waals surface area contributed by atoms with Crippen LogP contribution >= 0.6 is 11.6 Å². The van der Waals surface area contributed by atoms with Gasteiger partial charge in [0.2, 0.25) is 0 Å². The van der Waals surface area contributed by atoms with E-state index in [9.17, 15) is 4.79 Å². The third kappa shape index (κ3) is 0.878. The molecule has 2 heteroatoms. The van der Waals surface area contributed by atoms with Gasteiger partial charge in [-0.3, -0.25) is 4.79 Å². The molecule has 0 saturated heterocycles. The van der Waals surface area contributed by atoms with Crippen LogP contribution in [0, 0.1) is 5.41 Å². The average molecular weight is 161 g/mol. The molecule has 1 aliphatic rings. The number of hydrogen-bond donors (Lipinski definition) is 0. The minimum Gasteiger partial charge on any atom is -0.298 e. The molecule has 1 rings (SSSR count). The molecule has 0 radical (unpaired) electrons. The van der Waals surface area contributed by atoms with Crippen LogP contribution in [-0.2, 0) is 4.79 Å². The van der Waals surface area contributed by atoms with Gasteiger partial charge in [-0.1, -0.05) is 13.8 Å². The Morgan fingerprint density at radius 1 is 1.60 bits per heavy atom. The Morgan fingerprint density at radius 2 is 2.10 bits per heavy atom. The zero-order valence-electron chi connectivity index (χ0n) is 6.48. The lowest BCUT2D eigenvalue weighted by Gasteiger charge is -2.43. The Kier molecular flexibility index (Phi) is 2.04. The number of carbonyl (C=O) groups is 1. The number of Topliss-reactive ketones (excluding diaryl/α,β-unsaturated/α-hetero) is 1. The van der Waals surface area contributed by atoms with Gasteiger partial charge < -0.3 is 0 Å². The SMILES string of the molecule is CCC1(CC)CC(=O)C1Cl. The predicted octanol–water partition coefficient (Wildman–Crippen LogP) is 2.37. The average Bonchev–Trinajstić information content (AvgIpc) is 1.99. The highest BCUT2D eigenvalue weighted by Crippen LogP contribution is 2.47. The molecule has 0 amide bonds. The molecule has 0 N–H and O–H groups in total. The number of halogens is 1. The smallest absolute Gasteiger partial charge is 0.151 e. The van der Waals surface area contributed by atoms with E-state index < -0.39 is 0 Å². The van der Waals surface area contributed by atoms with Crippen molar-refractivity contribution in [3.05, 3.63) is 0 Å². The summed E-state index contributed by atoms with van der Waals surface area (Å²) in [4.78, 5) is 10.8. The first-order valence-corrected chi connectivity index (χ1v) is 4.26. The van der Waals surface area contributed by atoms with E-state index in [-0.39, 0.29) is 16.6 Å². The minimum absolute atomic E-state index is 0.151. The van der Waals surface area contributed by atoms with Gasteiger partial charge in [-0.05, 0) is 12.8 Å². The van der Waals surface area contributed by atoms with Crippen molar-refractivity contribution in [3.63, 3.8) is 0 Å². The molecule has 1 fully saturated rings. The first-order chi connectivity index (χ1) is 4.66. The van der Waals surface area contributed by atoms with E-state index in [4.69, 9.17) is 11.6 Å². The maximum Gasteiger partial charge on any atom is 0.151 e. The summed E-state index contributed by atoms with van der Waals surface area (Å²) in [5.41, 5.74) is 0.151. The lowest BCUT2D eigenvalue weighted by Crippen LogP contribution is -2.49. The van der Waals surface area contributed by atoms with Crippen molar-refractivity contribution in [1.82, 2.24) is 0 Å². The second kappa shape index (κ2) is 2.54. The topological polar surface area (TPSA) is 17.1 Å². The maximum atomic E-state index is 10.8. The zero-order valence-corrected chi connectivity index (χ0v) is 7.24. The van der Waals surface area contributed by atoms with Gasteiger partial charge in [0.15, 0.2) is 5.78 Å². The molecule has 0 aromatic heterocycles. The van der Waals surface area contributed by atoms with Gasteiger partial charge in [-0.25, -0.2) is 0 Å². The fourth-order valence-corrected chi connectivity index (χ4v) is 2.06. The van der Waals surface area contributed by atoms with E-state index in [0.29, 0.717) is 6.42 Å². The first-order valence-electron chi connectivity index (χ1n) is 3.83. The van der Waals surface area contributed by atoms with Crippen molar-refractivity contribution in [3.8, 4) is 0 Å². The third-order valence-electron chi connectivity index (χ3n) is 2.75. The summed E-state index contributed by atoms with van der Waals surface area (Å²) in [5, 5.41) is -0.192. The number of alkyl halides is 1. The van der Waals surface area contributed by atoms with Crippen LogP contribution in [0.2, 0.25) is 0 Å². The van der Waals surface area contributed by atoms with Gasteiger partial charge >= 0.3 is 0 Å². The second-order valence-corrected chi connectivity index (χ2v) is 3.51. The standard InChI is InChI=1S/C8H13ClO/c1-3-8(4-2)5-6(10)7(8)9/h7H,3-5H2,1-2H3. The quantitative estimate of drug-likeness (QED) is 0.567. The van der Waals surface area contributed by atoms with Gasteiger partial charge in [0.25, 0.3) is 0 Å². The Labute approximate surface area is 66.8 Å². The van der Waals surface area contributed by atoms with Crippen molar-refractivity contribution in [2.45, 2.75) is 38.5 Å². The van der Waals surface area contributed by atoms with E-state index >= 15 is 0 Å². The highest BCUT2D eigenvalue weighted by atomic mass is 35.5. The van der Waals surface area contributed by atoms with Crippen LogP contribution in [0.15, 0.2) is 0 Å². The number of hydrogen-bond acceptors (Lipinski definition) is 1. The van der Waals surface area contributed by atoms with Crippen LogP contribution in [0.5, 0.6) is 0 Å². The van der Waals surface area contributed by atoms with Crippen LogP contribution in [-0.4, -0.2) is 11.2 Å². The molecule has 1 unspecified atom stereocenters. The highest BCUT2D eigenvalue weighted by molar-refractivity contribution is 6.34. The third-order valence-corrected chi connectivity index (χ3v) is 3.46. The normalized spacial score (nSPS) is 29.9. The van der Waals surface area contributed by atoms with E-state index in [2.05, 4.69) is 13.8 Å². The van der Waals surface area contributed by atoms with E-state index in [0.717, 1.165) is 12.8 Å². The summed E-state index contributed by atoms with van der Waals surface area (Å²) in [5.74, 6) is 0.227. The molecular formula is C8H13ClO. The maximum absolute atomic E-state index is 10.8. The van der Waals surface area contributed by atoms with Crippen molar-refractivity contribution >= 4 is 17.4 Å². The summed E-state index contributed by atoms with van der Waals surface area (Å²) < 4.78 is 0. The molecule has 0 aliphatic heterocycles. The Bertz CT molecular complexity index is 149. The first kappa shape index (κ1) is 8.06. The Morgan fingerprint density at radius 3 is 2.20 bits per heavy atom. The molecule has 0 aromatic rings. The Hall–Kier alpha value is -0.0400. The largest absolute Gasteiger partial charge is 0.298 e. The summed E-state index contributed by atoms with van der Waals surface area (Å²) in [6.45, 7) is 4.20. The lowest BCUT2D eigenvalue weighted by molar-refractivity contribution is -0.132. The van der Waals surface area contributed by atoms with Gasteiger partial charge in [0.05, 0.1) is 5.38 Å². The molecule has 1 aliphatic carbocycles. The van der Waals surface area contributed by atoms with Crippen LogP contribution in [0.25, 0.3) is 0 Å². The predicted molar refractivity (Wildman–Crippen MR) is 42.3 cm³/mol. The van der Waals surface area contributed by atoms with Crippen LogP contribution < -0.4 is 0 Å². The number of ketones is 1. The molecule has 0 aromatic carbocycles. The summed E-state index contributed by atoms with van der Waals surface area (Å²) >= 11 is 5.87. The van der Waals surface area contributed by atoms with Crippen LogP contribution in [0.3, 0.4) is 0 Å². The molecule has 0 spiro atoms. The number of rotatable bonds is 2. The van der Waals surface area contributed by atoms with Crippen LogP contribution in [0.4, 0.5) is 0 Å². The number of carbonyl (C=O) groups excluding carboxylic acids is 1. The molecule has 0 heterocycles. The molecular weight excluding hydrogens is 148 g/mol. The zero-order chi connectivity index (χ0) is 7.78. The molecule has 1 atom stereocenters. The summed E-state index contributed by atoms with van der Waals surface area (Å²) in [6, 6.07) is 0. The van der Waals surface area contributed by atoms with Crippen molar-refractivity contribution in [2.24, 2.45) is 5.41 Å². The second-order valence-electron chi connectivity index (χ2n) is 3.08. The van der Waals surface area contributed by atoms with Gasteiger partial charge in [0, 0.05) is 11.8 Å². The summed E-state index contributed by atoms with van der Waals surface area (Å²) in [7, 11) is 0. The monoisotopic (exact) mass is 160 g/mol. The fraction of sp³-hybridized carbons (Fsp3) is 0.875. The van der Waals surface area contributed by atoms with Crippen molar-refractivity contribution < 1.29 is 4.79 Å². The van der Waals surface area contributed by atoms with E-state index in [1.54, 1.807) is 0 Å².